The summed E-state index contributed by atoms with van der Waals surface area (Å²) in [5.41, 5.74) is 2.65. The molecule has 2 saturated heterocycles. The zero-order valence-electron chi connectivity index (χ0n) is 27.5. The number of hydrogen-bond acceptors (Lipinski definition) is 5. The minimum absolute atomic E-state index is 0.0227. The van der Waals surface area contributed by atoms with Gasteiger partial charge in [0.25, 0.3) is 5.56 Å². The summed E-state index contributed by atoms with van der Waals surface area (Å²) in [6, 6.07) is 11.3. The lowest BCUT2D eigenvalue weighted by Gasteiger charge is -2.61. The molecule has 2 bridgehead atoms. The second-order valence-corrected chi connectivity index (χ2v) is 15.6. The Bertz CT molecular complexity index is 1760. The maximum Gasteiger partial charge on any atom is 0.274 e. The molecule has 6 atom stereocenters. The molecule has 3 aromatic rings. The van der Waals surface area contributed by atoms with Crippen molar-refractivity contribution in [1.29, 1.82) is 0 Å². The largest absolute Gasteiger partial charge is 0.389 e. The van der Waals surface area contributed by atoms with Gasteiger partial charge in [0.2, 0.25) is 5.91 Å². The molecule has 2 aromatic carbocycles. The lowest BCUT2D eigenvalue weighted by Crippen LogP contribution is -2.58. The average Bonchev–Trinajstić information content (AvgIpc) is 3.32. The third kappa shape index (κ3) is 6.07. The molecule has 4 N–H and O–H groups in total. The van der Waals surface area contributed by atoms with Crippen LogP contribution in [-0.4, -0.2) is 87.5 Å². The molecule has 5 fully saturated rings. The van der Waals surface area contributed by atoms with Gasteiger partial charge < -0.3 is 25.5 Å². The fraction of sp³-hybridized carbons (Fsp3) is 0.571. The van der Waals surface area contributed by atoms with Crippen LogP contribution in [0.5, 0.6) is 0 Å². The van der Waals surface area contributed by atoms with Gasteiger partial charge in [0.15, 0.2) is 5.96 Å². The predicted octanol–water partition coefficient (Wildman–Crippen LogP) is 4.76. The zero-order valence-corrected chi connectivity index (χ0v) is 29.0. The molecule has 1 aromatic heterocycles. The fourth-order valence-corrected chi connectivity index (χ4v) is 9.10. The summed E-state index contributed by atoms with van der Waals surface area (Å²) in [6.45, 7) is 11.9. The third-order valence-corrected chi connectivity index (χ3v) is 12.2. The van der Waals surface area contributed by atoms with Gasteiger partial charge in [0, 0.05) is 67.3 Å². The van der Waals surface area contributed by atoms with E-state index in [2.05, 4.69) is 41.4 Å². The van der Waals surface area contributed by atoms with Crippen molar-refractivity contribution < 1.29 is 9.90 Å². The van der Waals surface area contributed by atoms with Gasteiger partial charge in [0.05, 0.1) is 29.6 Å². The van der Waals surface area contributed by atoms with Gasteiger partial charge in [-0.25, -0.2) is 4.99 Å². The number of piperazine rings is 1. The predicted molar refractivity (Wildman–Crippen MR) is 187 cm³/mol. The van der Waals surface area contributed by atoms with Crippen molar-refractivity contribution in [3.63, 3.8) is 0 Å². The molecule has 3 aliphatic carbocycles. The van der Waals surface area contributed by atoms with Gasteiger partial charge in [-0.15, -0.1) is 0 Å². The normalized spacial score (nSPS) is 28.1. The van der Waals surface area contributed by atoms with Crippen LogP contribution >= 0.6 is 23.2 Å². The number of hydrogen-bond donors (Lipinski definition) is 4. The van der Waals surface area contributed by atoms with Crippen LogP contribution in [0.4, 0.5) is 5.69 Å². The van der Waals surface area contributed by atoms with E-state index in [1.165, 1.54) is 6.42 Å². The van der Waals surface area contributed by atoms with Gasteiger partial charge in [0.1, 0.15) is 0 Å². The highest BCUT2D eigenvalue weighted by molar-refractivity contribution is 6.35. The highest BCUT2D eigenvalue weighted by Crippen LogP contribution is 2.61. The molecule has 0 radical (unpaired) electrons. The number of aliphatic hydroxyl groups excluding tert-OH is 1. The number of carbonyl (C=O) groups is 1. The SMILES string of the molecule is CC(=O)N1CCNC(C(Cn2[nH]c3cc(NC(=N[C@H]4CC5CC([C@@H]4C)C5(C)C)N4CC(O)C4)ccc3c2=O)c2ccc(Cl)cc2Cl)C1. The van der Waals surface area contributed by atoms with Crippen LogP contribution < -0.4 is 16.2 Å². The summed E-state index contributed by atoms with van der Waals surface area (Å²) >= 11 is 13.0. The highest BCUT2D eigenvalue weighted by Gasteiger charge is 2.56. The Kier molecular flexibility index (Phi) is 8.60. The van der Waals surface area contributed by atoms with Crippen LogP contribution in [0.25, 0.3) is 10.9 Å². The van der Waals surface area contributed by atoms with E-state index in [4.69, 9.17) is 28.2 Å². The molecule has 3 saturated carbocycles. The Hall–Kier alpha value is -3.05. The molecular formula is C35H45Cl2N7O3. The first-order valence-electron chi connectivity index (χ1n) is 16.8. The molecule has 12 heteroatoms. The number of amides is 1. The van der Waals surface area contributed by atoms with Crippen molar-refractivity contribution in [2.45, 2.75) is 71.2 Å². The van der Waals surface area contributed by atoms with E-state index >= 15 is 0 Å². The van der Waals surface area contributed by atoms with E-state index in [9.17, 15) is 14.7 Å². The second-order valence-electron chi connectivity index (χ2n) is 14.7. The van der Waals surface area contributed by atoms with Crippen LogP contribution in [-0.2, 0) is 11.3 Å². The number of fused-ring (bicyclic) bond motifs is 3. The van der Waals surface area contributed by atoms with Gasteiger partial charge in [-0.05, 0) is 71.9 Å². The highest BCUT2D eigenvalue weighted by atomic mass is 35.5. The summed E-state index contributed by atoms with van der Waals surface area (Å²) in [7, 11) is 0. The van der Waals surface area contributed by atoms with E-state index in [1.807, 2.05) is 35.2 Å². The van der Waals surface area contributed by atoms with E-state index in [1.54, 1.807) is 17.7 Å². The number of likely N-dealkylation sites (tertiary alicyclic amines) is 1. The number of aliphatic hydroxyl groups is 1. The van der Waals surface area contributed by atoms with E-state index in [0.717, 1.165) is 23.6 Å². The molecular weight excluding hydrogens is 637 g/mol. The number of aromatic nitrogens is 2. The van der Waals surface area contributed by atoms with Gasteiger partial charge in [-0.1, -0.05) is 50.0 Å². The number of aromatic amines is 1. The van der Waals surface area contributed by atoms with Crippen molar-refractivity contribution in [3.05, 3.63) is 62.4 Å². The Morgan fingerprint density at radius 3 is 2.60 bits per heavy atom. The Balaban J connectivity index is 1.16. The van der Waals surface area contributed by atoms with Gasteiger partial charge in [-0.2, -0.15) is 0 Å². The minimum atomic E-state index is -0.353. The van der Waals surface area contributed by atoms with Crippen molar-refractivity contribution in [3.8, 4) is 0 Å². The summed E-state index contributed by atoms with van der Waals surface area (Å²) in [5, 5.41) is 22.2. The van der Waals surface area contributed by atoms with E-state index < -0.39 is 0 Å². The zero-order chi connectivity index (χ0) is 33.2. The topological polar surface area (TPSA) is 118 Å². The maximum absolute atomic E-state index is 13.7. The van der Waals surface area contributed by atoms with Crippen LogP contribution in [0, 0.1) is 23.2 Å². The molecule has 0 spiro atoms. The average molecular weight is 683 g/mol. The van der Waals surface area contributed by atoms with Crippen LogP contribution in [0.1, 0.15) is 52.0 Å². The number of rotatable bonds is 6. The lowest BCUT2D eigenvalue weighted by molar-refractivity contribution is -0.130. The van der Waals surface area contributed by atoms with Crippen molar-refractivity contribution in [2.24, 2.45) is 28.2 Å². The molecule has 2 aliphatic heterocycles. The van der Waals surface area contributed by atoms with Gasteiger partial charge >= 0.3 is 0 Å². The van der Waals surface area contributed by atoms with Gasteiger partial charge in [-0.3, -0.25) is 19.4 Å². The number of nitrogens with one attached hydrogen (secondary N) is 3. The molecule has 10 nitrogen and oxygen atoms in total. The first-order valence-corrected chi connectivity index (χ1v) is 17.6. The maximum atomic E-state index is 13.7. The van der Waals surface area contributed by atoms with Crippen molar-refractivity contribution >= 4 is 51.7 Å². The number of H-pyrrole nitrogens is 1. The molecule has 5 aliphatic rings. The number of halogens is 2. The first kappa shape index (κ1) is 32.5. The molecule has 252 valence electrons. The first-order chi connectivity index (χ1) is 22.4. The quantitative estimate of drug-likeness (QED) is 0.220. The van der Waals surface area contributed by atoms with Crippen molar-refractivity contribution in [2.75, 3.05) is 38.0 Å². The number of carbonyl (C=O) groups excluding carboxylic acids is 1. The Morgan fingerprint density at radius 1 is 1.13 bits per heavy atom. The van der Waals surface area contributed by atoms with E-state index in [0.29, 0.717) is 83.4 Å². The number of β-amino-alcohol motifs (C(OH)–C–C–N with tert-alkyl or cyclic N) is 1. The number of guanidine groups is 1. The summed E-state index contributed by atoms with van der Waals surface area (Å²) in [6.07, 6.45) is 2.03. The fourth-order valence-electron chi connectivity index (χ4n) is 8.55. The Labute approximate surface area is 285 Å². The van der Waals surface area contributed by atoms with Crippen LogP contribution in [0.15, 0.2) is 46.2 Å². The smallest absolute Gasteiger partial charge is 0.274 e. The van der Waals surface area contributed by atoms with Crippen LogP contribution in [0.2, 0.25) is 10.0 Å². The number of benzene rings is 2. The van der Waals surface area contributed by atoms with E-state index in [-0.39, 0.29) is 35.6 Å². The third-order valence-electron chi connectivity index (χ3n) is 11.6. The minimum Gasteiger partial charge on any atom is -0.389 e. The Morgan fingerprint density at radius 2 is 1.91 bits per heavy atom. The molecule has 47 heavy (non-hydrogen) atoms. The van der Waals surface area contributed by atoms with Crippen molar-refractivity contribution in [1.82, 2.24) is 24.9 Å². The molecule has 8 rings (SSSR count). The lowest BCUT2D eigenvalue weighted by atomic mass is 9.45. The summed E-state index contributed by atoms with van der Waals surface area (Å²) in [4.78, 5) is 35.2. The summed E-state index contributed by atoms with van der Waals surface area (Å²) < 4.78 is 1.64. The second kappa shape index (κ2) is 12.4. The standard InChI is InChI=1S/C35H45Cl2N7O3/c1-19-28-11-21(35(28,3)4)12-30(19)40-34(43-15-24(46)16-43)39-23-6-8-26-31(14-23)41-44(33(26)47)17-27(25-7-5-22(36)13-29(25)37)32-18-42(20(2)45)10-9-38-32/h5-8,13-14,19,21,24,27-28,30,32,38,41,46H,9-12,15-18H2,1-4H3,(H,39,40)/t19-,21?,27?,28?,30-,32?/m0/s1. The molecule has 1 amide bonds. The monoisotopic (exact) mass is 681 g/mol. The van der Waals surface area contributed by atoms with Crippen LogP contribution in [0.3, 0.4) is 0 Å². The summed E-state index contributed by atoms with van der Waals surface area (Å²) in [5.74, 6) is 2.46. The number of nitrogens with zero attached hydrogens (tertiary/aromatic N) is 4. The number of anilines is 1. The molecule has 4 unspecified atom stereocenters. The molecule has 3 heterocycles. The number of aliphatic imine (C=N–C) groups is 1.